The molecule has 17 heavy (non-hydrogen) atoms. The van der Waals surface area contributed by atoms with Gasteiger partial charge in [-0.1, -0.05) is 11.6 Å². The Morgan fingerprint density at radius 3 is 2.88 bits per heavy atom. The smallest absolute Gasteiger partial charge is 0.251 e. The first-order valence-corrected chi connectivity index (χ1v) is 6.71. The molecule has 0 spiro atoms. The minimum atomic E-state index is -0.125. The third-order valence-corrected chi connectivity index (χ3v) is 3.75. The van der Waals surface area contributed by atoms with Gasteiger partial charge >= 0.3 is 0 Å². The zero-order valence-corrected chi connectivity index (χ0v) is 12.1. The number of rotatable bonds is 5. The average molecular weight is 363 g/mol. The van der Waals surface area contributed by atoms with Crippen LogP contribution < -0.4 is 5.32 Å². The second kappa shape index (κ2) is 7.51. The Kier molecular flexibility index (Phi) is 6.30. The molecule has 0 saturated carbocycles. The fourth-order valence-electron chi connectivity index (χ4n) is 1.27. The molecule has 0 aliphatic heterocycles. The van der Waals surface area contributed by atoms with Crippen LogP contribution in [0.1, 0.15) is 29.6 Å². The summed E-state index contributed by atoms with van der Waals surface area (Å²) in [5.74, 6) is -0.125. The van der Waals surface area contributed by atoms with Crippen LogP contribution in [0, 0.1) is 14.9 Å². The van der Waals surface area contributed by atoms with Gasteiger partial charge in [-0.3, -0.25) is 4.79 Å². The SMILES string of the molecule is N#CCCCCNC(=O)c1ccc(I)c(Cl)c1. The second-order valence-corrected chi connectivity index (χ2v) is 5.07. The van der Waals surface area contributed by atoms with Crippen molar-refractivity contribution in [1.82, 2.24) is 5.32 Å². The molecule has 0 radical (unpaired) electrons. The van der Waals surface area contributed by atoms with Gasteiger partial charge < -0.3 is 5.32 Å². The van der Waals surface area contributed by atoms with E-state index in [1.54, 1.807) is 12.1 Å². The lowest BCUT2D eigenvalue weighted by Crippen LogP contribution is -2.24. The summed E-state index contributed by atoms with van der Waals surface area (Å²) in [7, 11) is 0. The monoisotopic (exact) mass is 362 g/mol. The summed E-state index contributed by atoms with van der Waals surface area (Å²) in [6.45, 7) is 0.587. The number of hydrogen-bond acceptors (Lipinski definition) is 2. The van der Waals surface area contributed by atoms with Crippen LogP contribution in [-0.4, -0.2) is 12.5 Å². The molecule has 0 aliphatic rings. The quantitative estimate of drug-likeness (QED) is 0.645. The molecule has 0 fully saturated rings. The second-order valence-electron chi connectivity index (χ2n) is 3.50. The predicted octanol–water partition coefficient (Wildman–Crippen LogP) is 3.37. The molecule has 1 amide bonds. The fourth-order valence-corrected chi connectivity index (χ4v) is 1.79. The normalized spacial score (nSPS) is 9.71. The van der Waals surface area contributed by atoms with Crippen LogP contribution in [0.2, 0.25) is 5.02 Å². The topological polar surface area (TPSA) is 52.9 Å². The van der Waals surface area contributed by atoms with Gasteiger partial charge in [-0.15, -0.1) is 0 Å². The molecule has 0 heterocycles. The summed E-state index contributed by atoms with van der Waals surface area (Å²) in [5.41, 5.74) is 0.565. The maximum Gasteiger partial charge on any atom is 0.251 e. The third kappa shape index (κ3) is 4.92. The number of carbonyl (C=O) groups is 1. The van der Waals surface area contributed by atoms with E-state index in [2.05, 4.69) is 34.0 Å². The number of nitrogens with one attached hydrogen (secondary N) is 1. The maximum atomic E-state index is 11.7. The van der Waals surface area contributed by atoms with Gasteiger partial charge in [0.05, 0.1) is 11.1 Å². The Bertz CT molecular complexity index is 443. The summed E-state index contributed by atoms with van der Waals surface area (Å²) >= 11 is 8.05. The molecule has 90 valence electrons. The molecule has 5 heteroatoms. The van der Waals surface area contributed by atoms with Crippen molar-refractivity contribution in [3.8, 4) is 6.07 Å². The molecule has 0 aromatic heterocycles. The maximum absolute atomic E-state index is 11.7. The van der Waals surface area contributed by atoms with Gasteiger partial charge in [0.15, 0.2) is 0 Å². The van der Waals surface area contributed by atoms with Gasteiger partial charge in [0.1, 0.15) is 0 Å². The first-order chi connectivity index (χ1) is 8.15. The zero-order chi connectivity index (χ0) is 12.7. The van der Waals surface area contributed by atoms with E-state index in [1.165, 1.54) is 0 Å². The Hall–Kier alpha value is -0.800. The first-order valence-electron chi connectivity index (χ1n) is 5.25. The Balaban J connectivity index is 2.42. The summed E-state index contributed by atoms with van der Waals surface area (Å²) in [4.78, 5) is 11.7. The van der Waals surface area contributed by atoms with Crippen LogP contribution in [0.4, 0.5) is 0 Å². The van der Waals surface area contributed by atoms with Crippen LogP contribution in [-0.2, 0) is 0 Å². The van der Waals surface area contributed by atoms with Crippen LogP contribution in [0.25, 0.3) is 0 Å². The molecule has 3 nitrogen and oxygen atoms in total. The molecule has 0 aliphatic carbocycles. The third-order valence-electron chi connectivity index (χ3n) is 2.18. The Labute approximate surface area is 119 Å². The van der Waals surface area contributed by atoms with Crippen LogP contribution >= 0.6 is 34.2 Å². The van der Waals surface area contributed by atoms with Gasteiger partial charge in [-0.05, 0) is 53.6 Å². The van der Waals surface area contributed by atoms with Gasteiger partial charge in [-0.2, -0.15) is 5.26 Å². The molecule has 1 aromatic carbocycles. The van der Waals surface area contributed by atoms with Crippen molar-refractivity contribution in [2.24, 2.45) is 0 Å². The van der Waals surface area contributed by atoms with Gasteiger partial charge in [0.2, 0.25) is 0 Å². The van der Waals surface area contributed by atoms with E-state index in [-0.39, 0.29) is 5.91 Å². The van der Waals surface area contributed by atoms with Crippen molar-refractivity contribution in [3.63, 3.8) is 0 Å². The predicted molar refractivity (Wildman–Crippen MR) is 76.0 cm³/mol. The van der Waals surface area contributed by atoms with Crippen molar-refractivity contribution in [2.75, 3.05) is 6.54 Å². The summed E-state index contributed by atoms with van der Waals surface area (Å²) in [6.07, 6.45) is 2.16. The summed E-state index contributed by atoms with van der Waals surface area (Å²) < 4.78 is 0.926. The van der Waals surface area contributed by atoms with Gasteiger partial charge in [0.25, 0.3) is 5.91 Å². The molecule has 1 rings (SSSR count). The van der Waals surface area contributed by atoms with E-state index in [4.69, 9.17) is 16.9 Å². The molecule has 0 atom stereocenters. The molecule has 0 saturated heterocycles. The number of amides is 1. The number of nitrogens with zero attached hydrogens (tertiary/aromatic N) is 1. The average Bonchev–Trinajstić information content (AvgIpc) is 2.32. The molecular formula is C12H12ClIN2O. The number of carbonyl (C=O) groups excluding carboxylic acids is 1. The molecule has 1 aromatic rings. The first kappa shape index (κ1) is 14.3. The number of unbranched alkanes of at least 4 members (excludes halogenated alkanes) is 2. The number of nitriles is 1. The highest BCUT2D eigenvalue weighted by Crippen LogP contribution is 2.19. The lowest BCUT2D eigenvalue weighted by molar-refractivity contribution is 0.0953. The molecular weight excluding hydrogens is 351 g/mol. The van der Waals surface area contributed by atoms with Crippen molar-refractivity contribution >= 4 is 40.1 Å². The lowest BCUT2D eigenvalue weighted by atomic mass is 10.2. The van der Waals surface area contributed by atoms with Crippen molar-refractivity contribution < 1.29 is 4.79 Å². The lowest BCUT2D eigenvalue weighted by Gasteiger charge is -2.05. The highest BCUT2D eigenvalue weighted by molar-refractivity contribution is 14.1. The summed E-state index contributed by atoms with van der Waals surface area (Å²) in [5, 5.41) is 11.7. The van der Waals surface area contributed by atoms with Crippen molar-refractivity contribution in [3.05, 3.63) is 32.4 Å². The molecule has 1 N–H and O–H groups in total. The highest BCUT2D eigenvalue weighted by Gasteiger charge is 2.06. The van der Waals surface area contributed by atoms with Gasteiger partial charge in [-0.25, -0.2) is 0 Å². The van der Waals surface area contributed by atoms with Crippen molar-refractivity contribution in [2.45, 2.75) is 19.3 Å². The summed E-state index contributed by atoms with van der Waals surface area (Å²) in [6, 6.07) is 7.29. The Morgan fingerprint density at radius 2 is 2.24 bits per heavy atom. The Morgan fingerprint density at radius 1 is 1.47 bits per heavy atom. The van der Waals surface area contributed by atoms with E-state index >= 15 is 0 Å². The minimum Gasteiger partial charge on any atom is -0.352 e. The van der Waals surface area contributed by atoms with E-state index in [1.807, 2.05) is 6.07 Å². The van der Waals surface area contributed by atoms with E-state index in [0.29, 0.717) is 23.6 Å². The zero-order valence-electron chi connectivity index (χ0n) is 9.17. The van der Waals surface area contributed by atoms with Crippen molar-refractivity contribution in [1.29, 1.82) is 5.26 Å². The molecule has 0 bridgehead atoms. The fraction of sp³-hybridized carbons (Fsp3) is 0.333. The van der Waals surface area contributed by atoms with Crippen LogP contribution in [0.3, 0.4) is 0 Å². The van der Waals surface area contributed by atoms with Crippen LogP contribution in [0.15, 0.2) is 18.2 Å². The van der Waals surface area contributed by atoms with E-state index < -0.39 is 0 Å². The largest absolute Gasteiger partial charge is 0.352 e. The standard InChI is InChI=1S/C12H12ClIN2O/c13-10-8-9(4-5-11(10)14)12(17)16-7-3-1-2-6-15/h4-5,8H,1-3,7H2,(H,16,17). The van der Waals surface area contributed by atoms with E-state index in [0.717, 1.165) is 16.4 Å². The number of halogens is 2. The highest BCUT2D eigenvalue weighted by atomic mass is 127. The minimum absolute atomic E-state index is 0.125. The van der Waals surface area contributed by atoms with Gasteiger partial charge in [0, 0.05) is 22.1 Å². The number of hydrogen-bond donors (Lipinski definition) is 1. The number of benzene rings is 1. The van der Waals surface area contributed by atoms with E-state index in [9.17, 15) is 4.79 Å². The molecule has 0 unspecified atom stereocenters. The van der Waals surface area contributed by atoms with Crippen LogP contribution in [0.5, 0.6) is 0 Å².